The van der Waals surface area contributed by atoms with Crippen molar-refractivity contribution in [2.24, 2.45) is 0 Å². The van der Waals surface area contributed by atoms with Crippen LogP contribution in [0.2, 0.25) is 0 Å². The molecule has 4 rings (SSSR count). The van der Waals surface area contributed by atoms with Crippen molar-refractivity contribution >= 4 is 28.8 Å². The van der Waals surface area contributed by atoms with Gasteiger partial charge in [-0.2, -0.15) is 0 Å². The van der Waals surface area contributed by atoms with Gasteiger partial charge in [0.05, 0.1) is 6.54 Å². The number of rotatable bonds is 4. The van der Waals surface area contributed by atoms with Crippen molar-refractivity contribution in [2.75, 3.05) is 11.4 Å². The molecule has 0 aliphatic carbocycles. The van der Waals surface area contributed by atoms with E-state index in [1.54, 1.807) is 39.6 Å². The maximum Gasteiger partial charge on any atom is 0.254 e. The number of amides is 2. The Labute approximate surface area is 155 Å². The van der Waals surface area contributed by atoms with Crippen LogP contribution in [0.1, 0.15) is 16.5 Å². The number of benzene rings is 1. The van der Waals surface area contributed by atoms with Crippen LogP contribution in [0.3, 0.4) is 0 Å². The second-order valence-electron chi connectivity index (χ2n) is 6.05. The molecule has 2 aromatic heterocycles. The molecule has 0 spiro atoms. The zero-order valence-electron chi connectivity index (χ0n) is 14.0. The predicted molar refractivity (Wildman–Crippen MR) is 101 cm³/mol. The molecule has 2 amide bonds. The molecule has 0 saturated carbocycles. The van der Waals surface area contributed by atoms with Gasteiger partial charge in [-0.15, -0.1) is 11.3 Å². The van der Waals surface area contributed by atoms with Gasteiger partial charge in [0, 0.05) is 28.5 Å². The molecule has 26 heavy (non-hydrogen) atoms. The fraction of sp³-hybridized carbons (Fsp3) is 0.150. The van der Waals surface area contributed by atoms with Crippen LogP contribution in [0, 0.1) is 0 Å². The minimum Gasteiger partial charge on any atom is -0.320 e. The number of hydrogen-bond donors (Lipinski definition) is 0. The van der Waals surface area contributed by atoms with Gasteiger partial charge in [-0.25, -0.2) is 0 Å². The molecule has 1 aliphatic heterocycles. The molecule has 3 heterocycles. The van der Waals surface area contributed by atoms with E-state index in [-0.39, 0.29) is 18.4 Å². The average Bonchev–Trinajstić information content (AvgIpc) is 3.19. The van der Waals surface area contributed by atoms with Gasteiger partial charge in [-0.3, -0.25) is 14.6 Å². The van der Waals surface area contributed by atoms with Gasteiger partial charge < -0.3 is 9.80 Å². The summed E-state index contributed by atoms with van der Waals surface area (Å²) in [5, 5.41) is 1.97. The van der Waals surface area contributed by atoms with Crippen LogP contribution < -0.4 is 4.90 Å². The van der Waals surface area contributed by atoms with E-state index in [0.29, 0.717) is 6.54 Å². The van der Waals surface area contributed by atoms with Crippen molar-refractivity contribution in [3.63, 3.8) is 0 Å². The first-order valence-corrected chi connectivity index (χ1v) is 9.20. The molecule has 0 radical (unpaired) electrons. The van der Waals surface area contributed by atoms with Gasteiger partial charge in [0.15, 0.2) is 0 Å². The van der Waals surface area contributed by atoms with Crippen LogP contribution in [0.4, 0.5) is 5.69 Å². The lowest BCUT2D eigenvalue weighted by atomic mass is 10.0. The Bertz CT molecular complexity index is 897. The molecule has 3 aromatic rings. The highest BCUT2D eigenvalue weighted by Gasteiger charge is 2.41. The molecule has 0 bridgehead atoms. The smallest absolute Gasteiger partial charge is 0.254 e. The van der Waals surface area contributed by atoms with E-state index in [1.807, 2.05) is 53.9 Å². The number of thiophene rings is 1. The topological polar surface area (TPSA) is 53.5 Å². The number of hydrogen-bond acceptors (Lipinski definition) is 4. The van der Waals surface area contributed by atoms with Gasteiger partial charge in [-0.1, -0.05) is 30.3 Å². The molecule has 1 atom stereocenters. The molecule has 0 N–H and O–H groups in total. The summed E-state index contributed by atoms with van der Waals surface area (Å²) in [6.45, 7) is 0.468. The first-order chi connectivity index (χ1) is 12.7. The number of aromatic nitrogens is 1. The normalized spacial score (nSPS) is 17.6. The van der Waals surface area contributed by atoms with Crippen molar-refractivity contribution in [1.29, 1.82) is 0 Å². The van der Waals surface area contributed by atoms with E-state index in [4.69, 9.17) is 0 Å². The van der Waals surface area contributed by atoms with Crippen LogP contribution >= 0.6 is 11.3 Å². The third-order valence-electron chi connectivity index (χ3n) is 4.40. The molecule has 1 aromatic carbocycles. The Hall–Kier alpha value is -2.99. The quantitative estimate of drug-likeness (QED) is 0.715. The van der Waals surface area contributed by atoms with Crippen LogP contribution in [-0.4, -0.2) is 28.2 Å². The maximum absolute atomic E-state index is 13.3. The molecule has 130 valence electrons. The molecule has 5 nitrogen and oxygen atoms in total. The first-order valence-electron chi connectivity index (χ1n) is 8.32. The van der Waals surface area contributed by atoms with E-state index in [9.17, 15) is 9.59 Å². The average molecular weight is 363 g/mol. The van der Waals surface area contributed by atoms with E-state index in [1.165, 1.54) is 0 Å². The number of pyridine rings is 1. The lowest BCUT2D eigenvalue weighted by molar-refractivity contribution is -0.144. The minimum absolute atomic E-state index is 0.0466. The fourth-order valence-corrected chi connectivity index (χ4v) is 3.87. The van der Waals surface area contributed by atoms with Crippen LogP contribution in [0.25, 0.3) is 0 Å². The predicted octanol–water partition coefficient (Wildman–Crippen LogP) is 3.26. The van der Waals surface area contributed by atoms with E-state index in [2.05, 4.69) is 4.98 Å². The van der Waals surface area contributed by atoms with Gasteiger partial charge in [-0.05, 0) is 29.6 Å². The number of carbonyl (C=O) groups excluding carboxylic acids is 2. The van der Waals surface area contributed by atoms with Crippen LogP contribution in [0.15, 0.2) is 72.4 Å². The number of carbonyl (C=O) groups is 2. The van der Waals surface area contributed by atoms with E-state index < -0.39 is 6.04 Å². The molecule has 1 saturated heterocycles. The van der Waals surface area contributed by atoms with E-state index in [0.717, 1.165) is 16.1 Å². The lowest BCUT2D eigenvalue weighted by Gasteiger charge is -2.40. The van der Waals surface area contributed by atoms with Crippen molar-refractivity contribution in [3.05, 3.63) is 82.8 Å². The fourth-order valence-electron chi connectivity index (χ4n) is 3.17. The minimum atomic E-state index is -0.674. The summed E-state index contributed by atoms with van der Waals surface area (Å²) >= 11 is 1.58. The second kappa shape index (κ2) is 7.09. The second-order valence-corrected chi connectivity index (χ2v) is 7.08. The molecular formula is C20H17N3O2S. The summed E-state index contributed by atoms with van der Waals surface area (Å²) in [7, 11) is 0. The number of nitrogens with zero attached hydrogens (tertiary/aromatic N) is 3. The third-order valence-corrected chi connectivity index (χ3v) is 5.26. The lowest BCUT2D eigenvalue weighted by Crippen LogP contribution is -2.55. The SMILES string of the molecule is O=C1[C@@H](c2cccnc2)N(Cc2cccs2)C(=O)CN1c1ccccc1. The monoisotopic (exact) mass is 363 g/mol. The van der Waals surface area contributed by atoms with Gasteiger partial charge in [0.2, 0.25) is 5.91 Å². The van der Waals surface area contributed by atoms with Crippen molar-refractivity contribution in [3.8, 4) is 0 Å². The Morgan fingerprint density at radius 3 is 2.58 bits per heavy atom. The van der Waals surface area contributed by atoms with Crippen LogP contribution in [0.5, 0.6) is 0 Å². The Morgan fingerprint density at radius 1 is 1.04 bits per heavy atom. The standard InChI is InChI=1S/C20H17N3O2S/c24-18-14-22(16-7-2-1-3-8-16)20(25)19(15-6-4-10-21-12-15)23(18)13-17-9-5-11-26-17/h1-12,19H,13-14H2/t19-/m1/s1. The van der Waals surface area contributed by atoms with Crippen LogP contribution in [-0.2, 0) is 16.1 Å². The summed E-state index contributed by atoms with van der Waals surface area (Å²) in [6, 6.07) is 16.2. The third kappa shape index (κ3) is 3.11. The number of para-hydroxylation sites is 1. The maximum atomic E-state index is 13.3. The largest absolute Gasteiger partial charge is 0.320 e. The number of anilines is 1. The zero-order valence-corrected chi connectivity index (χ0v) is 14.8. The highest BCUT2D eigenvalue weighted by Crippen LogP contribution is 2.32. The Balaban J connectivity index is 1.73. The van der Waals surface area contributed by atoms with Crippen molar-refractivity contribution in [2.45, 2.75) is 12.6 Å². The first kappa shape index (κ1) is 16.5. The highest BCUT2D eigenvalue weighted by atomic mass is 32.1. The summed E-state index contributed by atoms with van der Waals surface area (Å²) < 4.78 is 0. The summed E-state index contributed by atoms with van der Waals surface area (Å²) in [5.41, 5.74) is 1.46. The molecule has 6 heteroatoms. The molecule has 1 fully saturated rings. The molecule has 0 unspecified atom stereocenters. The van der Waals surface area contributed by atoms with Crippen molar-refractivity contribution in [1.82, 2.24) is 9.88 Å². The highest BCUT2D eigenvalue weighted by molar-refractivity contribution is 7.09. The van der Waals surface area contributed by atoms with Gasteiger partial charge in [0.1, 0.15) is 12.6 Å². The van der Waals surface area contributed by atoms with Crippen molar-refractivity contribution < 1.29 is 9.59 Å². The summed E-state index contributed by atoms with van der Waals surface area (Å²) in [6.07, 6.45) is 3.32. The molecule has 1 aliphatic rings. The number of piperazine rings is 1. The zero-order chi connectivity index (χ0) is 17.9. The summed E-state index contributed by atoms with van der Waals surface area (Å²) in [5.74, 6) is -0.184. The molecular weight excluding hydrogens is 346 g/mol. The Morgan fingerprint density at radius 2 is 1.88 bits per heavy atom. The van der Waals surface area contributed by atoms with E-state index >= 15 is 0 Å². The summed E-state index contributed by atoms with van der Waals surface area (Å²) in [4.78, 5) is 34.7. The van der Waals surface area contributed by atoms with Gasteiger partial charge >= 0.3 is 0 Å². The Kier molecular flexibility index (Phi) is 4.50. The van der Waals surface area contributed by atoms with Gasteiger partial charge in [0.25, 0.3) is 5.91 Å².